The Morgan fingerprint density at radius 3 is 2.87 bits per heavy atom. The van der Waals surface area contributed by atoms with Gasteiger partial charge in [0.2, 0.25) is 5.91 Å². The van der Waals surface area contributed by atoms with Crippen molar-refractivity contribution < 1.29 is 18.7 Å². The third-order valence-corrected chi connectivity index (χ3v) is 6.57. The van der Waals surface area contributed by atoms with Crippen molar-refractivity contribution in [2.24, 2.45) is 0 Å². The van der Waals surface area contributed by atoms with Gasteiger partial charge in [-0.05, 0) is 19.4 Å². The average molecular weight is 448 g/mol. The fourth-order valence-corrected chi connectivity index (χ4v) is 4.79. The third kappa shape index (κ3) is 5.62. The highest BCUT2D eigenvalue weighted by molar-refractivity contribution is 8.00. The Morgan fingerprint density at radius 2 is 2.13 bits per heavy atom. The molecule has 0 aliphatic heterocycles. The molecule has 0 aliphatic rings. The van der Waals surface area contributed by atoms with E-state index in [-0.39, 0.29) is 24.1 Å². The van der Waals surface area contributed by atoms with Crippen LogP contribution >= 0.6 is 23.1 Å². The summed E-state index contributed by atoms with van der Waals surface area (Å²) in [6.45, 7) is 3.00. The number of amides is 2. The summed E-state index contributed by atoms with van der Waals surface area (Å²) in [5.41, 5.74) is 2.46. The summed E-state index contributed by atoms with van der Waals surface area (Å²) in [6, 6.07) is 7.58. The zero-order valence-electron chi connectivity index (χ0n) is 17.3. The largest absolute Gasteiger partial charge is 0.451 e. The number of carbonyl (C=O) groups is 2. The molecule has 7 nitrogen and oxygen atoms in total. The summed E-state index contributed by atoms with van der Waals surface area (Å²) in [7, 11) is 3.22. The number of aromatic nitrogens is 1. The number of nitrogens with one attached hydrogen (secondary N) is 1. The maximum atomic E-state index is 13.1. The van der Waals surface area contributed by atoms with Crippen LogP contribution in [0.5, 0.6) is 0 Å². The number of furan rings is 1. The highest BCUT2D eigenvalue weighted by atomic mass is 32.2. The molecule has 0 bridgehead atoms. The lowest BCUT2D eigenvalue weighted by Crippen LogP contribution is -2.39. The third-order valence-electron chi connectivity index (χ3n) is 4.41. The fraction of sp³-hybridized carbons (Fsp3) is 0.381. The van der Waals surface area contributed by atoms with Crippen molar-refractivity contribution in [1.82, 2.24) is 15.2 Å². The zero-order valence-corrected chi connectivity index (χ0v) is 18.9. The summed E-state index contributed by atoms with van der Waals surface area (Å²) >= 11 is 3.15. The number of benzene rings is 1. The number of ether oxygens (including phenoxy) is 1. The topological polar surface area (TPSA) is 84.7 Å². The average Bonchev–Trinajstić information content (AvgIpc) is 3.32. The number of thiazole rings is 1. The van der Waals surface area contributed by atoms with E-state index in [1.165, 1.54) is 4.90 Å². The van der Waals surface area contributed by atoms with Gasteiger partial charge < -0.3 is 19.4 Å². The van der Waals surface area contributed by atoms with Crippen molar-refractivity contribution in [2.75, 3.05) is 33.9 Å². The van der Waals surface area contributed by atoms with Crippen LogP contribution < -0.4 is 5.32 Å². The zero-order chi connectivity index (χ0) is 21.5. The number of hydrogen-bond acceptors (Lipinski definition) is 7. The number of para-hydroxylation sites is 1. The van der Waals surface area contributed by atoms with E-state index in [4.69, 9.17) is 9.15 Å². The van der Waals surface area contributed by atoms with Crippen molar-refractivity contribution in [2.45, 2.75) is 23.4 Å². The van der Waals surface area contributed by atoms with Crippen molar-refractivity contribution in [1.29, 1.82) is 0 Å². The van der Waals surface area contributed by atoms with Gasteiger partial charge in [-0.1, -0.05) is 30.0 Å². The van der Waals surface area contributed by atoms with Crippen molar-refractivity contribution in [3.63, 3.8) is 0 Å². The maximum Gasteiger partial charge on any atom is 0.290 e. The maximum absolute atomic E-state index is 13.1. The van der Waals surface area contributed by atoms with Crippen LogP contribution in [0.15, 0.2) is 38.4 Å². The smallest absolute Gasteiger partial charge is 0.290 e. The molecule has 1 N–H and O–H groups in total. The number of rotatable bonds is 10. The lowest BCUT2D eigenvalue weighted by molar-refractivity contribution is -0.121. The molecule has 160 valence electrons. The quantitative estimate of drug-likeness (QED) is 0.377. The van der Waals surface area contributed by atoms with Crippen LogP contribution in [0.2, 0.25) is 0 Å². The molecule has 9 heteroatoms. The van der Waals surface area contributed by atoms with E-state index in [0.29, 0.717) is 24.5 Å². The Hall–Kier alpha value is -2.36. The van der Waals surface area contributed by atoms with Crippen molar-refractivity contribution in [3.8, 4) is 0 Å². The van der Waals surface area contributed by atoms with E-state index in [1.807, 2.05) is 36.6 Å². The standard InChI is InChI=1S/C21H25N3O4S2/c1-14-12-29-21(23-14)30-13-16-15-7-4-5-8-17(15)28-19(16)20(26)24(2)11-18(25)22-9-6-10-27-3/h4-5,7-8,12H,6,9-11,13H2,1-3H3,(H,22,25). The van der Waals surface area contributed by atoms with E-state index >= 15 is 0 Å². The first kappa shape index (κ1) is 22.3. The SMILES string of the molecule is COCCCNC(=O)CN(C)C(=O)c1oc2ccccc2c1CSc1nc(C)cs1. The second kappa shape index (κ2) is 10.6. The minimum Gasteiger partial charge on any atom is -0.451 e. The predicted molar refractivity (Wildman–Crippen MR) is 119 cm³/mol. The molecule has 0 fully saturated rings. The van der Waals surface area contributed by atoms with Crippen LogP contribution in [-0.2, 0) is 15.3 Å². The van der Waals surface area contributed by atoms with Crippen LogP contribution in [0, 0.1) is 6.92 Å². The predicted octanol–water partition coefficient (Wildman–Crippen LogP) is 3.71. The molecule has 0 spiro atoms. The second-order valence-corrected chi connectivity index (χ2v) is 8.89. The Balaban J connectivity index is 1.73. The summed E-state index contributed by atoms with van der Waals surface area (Å²) in [5.74, 6) is 0.297. The van der Waals surface area contributed by atoms with Gasteiger partial charge in [0.05, 0.1) is 6.54 Å². The highest BCUT2D eigenvalue weighted by Gasteiger charge is 2.24. The molecule has 30 heavy (non-hydrogen) atoms. The number of fused-ring (bicyclic) bond motifs is 1. The number of carbonyl (C=O) groups excluding carboxylic acids is 2. The monoisotopic (exact) mass is 447 g/mol. The lowest BCUT2D eigenvalue weighted by atomic mass is 10.1. The molecule has 0 unspecified atom stereocenters. The molecule has 2 amide bonds. The van der Waals surface area contributed by atoms with Gasteiger partial charge in [0.15, 0.2) is 5.76 Å². The van der Waals surface area contributed by atoms with E-state index in [2.05, 4.69) is 10.3 Å². The number of aryl methyl sites for hydroxylation is 1. The lowest BCUT2D eigenvalue weighted by Gasteiger charge is -2.16. The van der Waals surface area contributed by atoms with Crippen LogP contribution in [0.4, 0.5) is 0 Å². The Bertz CT molecular complexity index is 1010. The molecule has 0 saturated carbocycles. The van der Waals surface area contributed by atoms with Gasteiger partial charge in [0.25, 0.3) is 5.91 Å². The Kier molecular flexibility index (Phi) is 7.89. The number of likely N-dealkylation sites (N-methyl/N-ethyl adjacent to an activating group) is 1. The molecule has 0 aliphatic carbocycles. The minimum atomic E-state index is -0.316. The van der Waals surface area contributed by atoms with E-state index < -0.39 is 0 Å². The van der Waals surface area contributed by atoms with Crippen molar-refractivity contribution >= 4 is 45.9 Å². The second-order valence-electron chi connectivity index (χ2n) is 6.81. The van der Waals surface area contributed by atoms with Gasteiger partial charge in [0, 0.05) is 55.1 Å². The highest BCUT2D eigenvalue weighted by Crippen LogP contribution is 2.33. The Morgan fingerprint density at radius 1 is 1.33 bits per heavy atom. The van der Waals surface area contributed by atoms with Crippen LogP contribution in [0.1, 0.15) is 28.2 Å². The van der Waals surface area contributed by atoms with Gasteiger partial charge in [-0.25, -0.2) is 4.98 Å². The number of hydrogen-bond donors (Lipinski definition) is 1. The first-order chi connectivity index (χ1) is 14.5. The molecule has 3 rings (SSSR count). The number of methoxy groups -OCH3 is 1. The molecule has 1 aromatic carbocycles. The van der Waals surface area contributed by atoms with Crippen LogP contribution in [0.25, 0.3) is 11.0 Å². The fourth-order valence-electron chi connectivity index (χ4n) is 2.91. The number of nitrogens with zero attached hydrogens (tertiary/aromatic N) is 2. The minimum absolute atomic E-state index is 0.0406. The molecule has 0 atom stereocenters. The summed E-state index contributed by atoms with van der Waals surface area (Å²) in [5, 5.41) is 5.69. The molecule has 3 aromatic rings. The van der Waals surface area contributed by atoms with E-state index in [0.717, 1.165) is 27.4 Å². The molecule has 2 heterocycles. The van der Waals surface area contributed by atoms with E-state index in [1.54, 1.807) is 37.3 Å². The molecular weight excluding hydrogens is 422 g/mol. The van der Waals surface area contributed by atoms with Gasteiger partial charge >= 0.3 is 0 Å². The van der Waals surface area contributed by atoms with E-state index in [9.17, 15) is 9.59 Å². The Labute approximate surface area is 183 Å². The summed E-state index contributed by atoms with van der Waals surface area (Å²) in [4.78, 5) is 31.1. The first-order valence-corrected chi connectivity index (χ1v) is 11.4. The summed E-state index contributed by atoms with van der Waals surface area (Å²) < 4.78 is 11.8. The summed E-state index contributed by atoms with van der Waals surface area (Å²) in [6.07, 6.45) is 0.723. The van der Waals surface area contributed by atoms with Gasteiger partial charge in [0.1, 0.15) is 9.92 Å². The first-order valence-electron chi connectivity index (χ1n) is 9.56. The molecule has 0 saturated heterocycles. The van der Waals surface area contributed by atoms with Crippen LogP contribution in [-0.4, -0.2) is 55.6 Å². The molecular formula is C21H25N3O4S2. The molecule has 2 aromatic heterocycles. The number of thioether (sulfide) groups is 1. The van der Waals surface area contributed by atoms with Crippen molar-refractivity contribution in [3.05, 3.63) is 46.7 Å². The van der Waals surface area contributed by atoms with Gasteiger partial charge in [-0.2, -0.15) is 0 Å². The van der Waals surface area contributed by atoms with Gasteiger partial charge in [-0.3, -0.25) is 9.59 Å². The van der Waals surface area contributed by atoms with Gasteiger partial charge in [-0.15, -0.1) is 11.3 Å². The molecule has 0 radical (unpaired) electrons. The normalized spacial score (nSPS) is 11.0. The van der Waals surface area contributed by atoms with Crippen LogP contribution in [0.3, 0.4) is 0 Å².